The van der Waals surface area contributed by atoms with E-state index in [-0.39, 0.29) is 23.1 Å². The van der Waals surface area contributed by atoms with Gasteiger partial charge in [-0.3, -0.25) is 9.48 Å². The van der Waals surface area contributed by atoms with Crippen molar-refractivity contribution in [3.8, 4) is 17.5 Å². The third kappa shape index (κ3) is 3.83. The first kappa shape index (κ1) is 19.0. The summed E-state index contributed by atoms with van der Waals surface area (Å²) < 4.78 is 44.1. The molecule has 0 fully saturated rings. The van der Waals surface area contributed by atoms with E-state index in [4.69, 9.17) is 9.78 Å². The average molecular weight is 391 g/mol. The topological polar surface area (TPSA) is 123 Å². The zero-order chi connectivity index (χ0) is 20.5. The van der Waals surface area contributed by atoms with Gasteiger partial charge in [0.25, 0.3) is 5.91 Å². The van der Waals surface area contributed by atoms with Gasteiger partial charge in [0.2, 0.25) is 11.7 Å². The number of carbonyl (C=O) groups is 1. The molecule has 3 aromatic heterocycles. The SMILES string of the molecule is C[C@H](NC(=O)c1cc(C(F)(F)F)nn1C)c1nc(-c2ccnc(C#N)c2)no1. The summed E-state index contributed by atoms with van der Waals surface area (Å²) in [6.45, 7) is 1.53. The fourth-order valence-electron chi connectivity index (χ4n) is 2.31. The van der Waals surface area contributed by atoms with Crippen molar-refractivity contribution in [3.05, 3.63) is 47.4 Å². The Bertz CT molecular complexity index is 1060. The molecule has 12 heteroatoms. The first-order valence-electron chi connectivity index (χ1n) is 7.81. The van der Waals surface area contributed by atoms with Gasteiger partial charge in [-0.25, -0.2) is 4.98 Å². The molecular weight excluding hydrogens is 379 g/mol. The van der Waals surface area contributed by atoms with Crippen LogP contribution in [0.15, 0.2) is 28.9 Å². The maximum absolute atomic E-state index is 12.7. The van der Waals surface area contributed by atoms with Crippen LogP contribution in [0.25, 0.3) is 11.4 Å². The number of pyridine rings is 1. The van der Waals surface area contributed by atoms with Crippen molar-refractivity contribution in [2.45, 2.75) is 19.1 Å². The lowest BCUT2D eigenvalue weighted by atomic mass is 10.2. The Morgan fingerprint density at radius 2 is 2.14 bits per heavy atom. The number of halogens is 3. The van der Waals surface area contributed by atoms with Crippen LogP contribution in [0.2, 0.25) is 0 Å². The molecule has 0 aromatic carbocycles. The van der Waals surface area contributed by atoms with Crippen LogP contribution in [0.3, 0.4) is 0 Å². The van der Waals surface area contributed by atoms with Gasteiger partial charge >= 0.3 is 6.18 Å². The monoisotopic (exact) mass is 391 g/mol. The van der Waals surface area contributed by atoms with E-state index in [1.165, 1.54) is 26.2 Å². The highest BCUT2D eigenvalue weighted by Crippen LogP contribution is 2.28. The number of nitrogens with zero attached hydrogens (tertiary/aromatic N) is 6. The fraction of sp³-hybridized carbons (Fsp3) is 0.250. The van der Waals surface area contributed by atoms with Gasteiger partial charge in [-0.15, -0.1) is 0 Å². The smallest absolute Gasteiger partial charge is 0.339 e. The van der Waals surface area contributed by atoms with Crippen LogP contribution in [0, 0.1) is 11.3 Å². The number of nitriles is 1. The molecular formula is C16H12F3N7O2. The largest absolute Gasteiger partial charge is 0.435 e. The number of hydrogen-bond acceptors (Lipinski definition) is 7. The Kier molecular flexibility index (Phi) is 4.83. The summed E-state index contributed by atoms with van der Waals surface area (Å²) >= 11 is 0. The first-order chi connectivity index (χ1) is 13.2. The normalized spacial score (nSPS) is 12.4. The second-order valence-electron chi connectivity index (χ2n) is 5.73. The first-order valence-corrected chi connectivity index (χ1v) is 7.81. The van der Waals surface area contributed by atoms with Crippen molar-refractivity contribution in [3.63, 3.8) is 0 Å². The van der Waals surface area contributed by atoms with Gasteiger partial charge < -0.3 is 9.84 Å². The van der Waals surface area contributed by atoms with E-state index in [0.717, 1.165) is 4.68 Å². The third-order valence-electron chi connectivity index (χ3n) is 3.70. The third-order valence-corrected chi connectivity index (χ3v) is 3.70. The van der Waals surface area contributed by atoms with Gasteiger partial charge in [0.1, 0.15) is 23.5 Å². The van der Waals surface area contributed by atoms with Crippen LogP contribution in [0.5, 0.6) is 0 Å². The molecule has 0 unspecified atom stereocenters. The highest BCUT2D eigenvalue weighted by molar-refractivity contribution is 5.92. The summed E-state index contributed by atoms with van der Waals surface area (Å²) in [6, 6.07) is 4.80. The summed E-state index contributed by atoms with van der Waals surface area (Å²) in [7, 11) is 1.23. The van der Waals surface area contributed by atoms with Crippen molar-refractivity contribution in [1.29, 1.82) is 5.26 Å². The predicted molar refractivity (Wildman–Crippen MR) is 86.3 cm³/mol. The van der Waals surface area contributed by atoms with E-state index in [0.29, 0.717) is 11.6 Å². The second kappa shape index (κ2) is 7.10. The number of nitrogens with one attached hydrogen (secondary N) is 1. The molecule has 0 aliphatic heterocycles. The fourth-order valence-corrected chi connectivity index (χ4v) is 2.31. The van der Waals surface area contributed by atoms with E-state index in [1.54, 1.807) is 6.07 Å². The molecule has 1 N–H and O–H groups in total. The molecule has 3 heterocycles. The average Bonchev–Trinajstić information content (AvgIpc) is 3.28. The standard InChI is InChI=1S/C16H12F3N7O2/c1-8(22-14(27)11-6-12(16(17,18)19)24-26(11)2)15-23-13(25-28-15)9-3-4-21-10(5-9)7-20/h3-6,8H,1-2H3,(H,22,27)/t8-/m0/s1. The molecule has 0 saturated carbocycles. The Labute approximate surface area is 155 Å². The number of alkyl halides is 3. The molecule has 9 nitrogen and oxygen atoms in total. The second-order valence-corrected chi connectivity index (χ2v) is 5.73. The van der Waals surface area contributed by atoms with Gasteiger partial charge in [0.15, 0.2) is 5.69 Å². The van der Waals surface area contributed by atoms with E-state index in [1.807, 2.05) is 6.07 Å². The van der Waals surface area contributed by atoms with Gasteiger partial charge in [0.05, 0.1) is 0 Å². The Balaban J connectivity index is 1.76. The number of carbonyl (C=O) groups excluding carboxylic acids is 1. The van der Waals surface area contributed by atoms with Gasteiger partial charge in [0, 0.05) is 24.9 Å². The minimum atomic E-state index is -4.66. The molecule has 0 bridgehead atoms. The van der Waals surface area contributed by atoms with Gasteiger partial charge in [-0.1, -0.05) is 5.16 Å². The molecule has 0 aliphatic rings. The van der Waals surface area contributed by atoms with Crippen molar-refractivity contribution in [1.82, 2.24) is 30.2 Å². The predicted octanol–water partition coefficient (Wildman–Crippen LogP) is 2.25. The molecule has 0 radical (unpaired) electrons. The molecule has 1 atom stereocenters. The lowest BCUT2D eigenvalue weighted by Crippen LogP contribution is -2.28. The van der Waals surface area contributed by atoms with E-state index in [9.17, 15) is 18.0 Å². The lowest BCUT2D eigenvalue weighted by Gasteiger charge is -2.09. The zero-order valence-electron chi connectivity index (χ0n) is 14.5. The Hall–Kier alpha value is -3.75. The van der Waals surface area contributed by atoms with E-state index >= 15 is 0 Å². The maximum Gasteiger partial charge on any atom is 0.435 e. The van der Waals surface area contributed by atoms with Crippen molar-refractivity contribution < 1.29 is 22.5 Å². The highest BCUT2D eigenvalue weighted by Gasteiger charge is 2.35. The van der Waals surface area contributed by atoms with Crippen molar-refractivity contribution in [2.24, 2.45) is 7.05 Å². The Morgan fingerprint density at radius 3 is 2.79 bits per heavy atom. The summed E-state index contributed by atoms with van der Waals surface area (Å²) in [5, 5.41) is 18.4. The van der Waals surface area contributed by atoms with Crippen LogP contribution < -0.4 is 5.32 Å². The number of aryl methyl sites for hydroxylation is 1. The van der Waals surface area contributed by atoms with E-state index in [2.05, 4.69) is 25.5 Å². The summed E-state index contributed by atoms with van der Waals surface area (Å²) in [4.78, 5) is 20.2. The number of amides is 1. The van der Waals surface area contributed by atoms with Crippen LogP contribution in [0.4, 0.5) is 13.2 Å². The Morgan fingerprint density at radius 1 is 1.39 bits per heavy atom. The molecule has 0 aliphatic carbocycles. The van der Waals surface area contributed by atoms with Crippen LogP contribution in [-0.2, 0) is 13.2 Å². The van der Waals surface area contributed by atoms with Crippen molar-refractivity contribution in [2.75, 3.05) is 0 Å². The molecule has 144 valence electrons. The maximum atomic E-state index is 12.7. The van der Waals surface area contributed by atoms with Crippen LogP contribution in [0.1, 0.15) is 40.7 Å². The quantitative estimate of drug-likeness (QED) is 0.724. The zero-order valence-corrected chi connectivity index (χ0v) is 14.5. The minimum absolute atomic E-state index is 0.0388. The summed E-state index contributed by atoms with van der Waals surface area (Å²) in [6.07, 6.45) is -3.24. The highest BCUT2D eigenvalue weighted by atomic mass is 19.4. The van der Waals surface area contributed by atoms with E-state index < -0.39 is 23.8 Å². The number of aromatic nitrogens is 5. The van der Waals surface area contributed by atoms with Gasteiger partial charge in [-0.05, 0) is 19.1 Å². The van der Waals surface area contributed by atoms with Crippen LogP contribution >= 0.6 is 0 Å². The summed E-state index contributed by atoms with van der Waals surface area (Å²) in [5.74, 6) is -0.569. The van der Waals surface area contributed by atoms with Gasteiger partial charge in [-0.2, -0.15) is 28.5 Å². The molecule has 0 spiro atoms. The number of rotatable bonds is 4. The molecule has 0 saturated heterocycles. The van der Waals surface area contributed by atoms with Crippen molar-refractivity contribution >= 4 is 5.91 Å². The summed E-state index contributed by atoms with van der Waals surface area (Å²) in [5.41, 5.74) is -0.783. The molecule has 28 heavy (non-hydrogen) atoms. The minimum Gasteiger partial charge on any atom is -0.339 e. The number of hydrogen-bond donors (Lipinski definition) is 1. The molecule has 1 amide bonds. The molecule has 3 rings (SSSR count). The van der Waals surface area contributed by atoms with Crippen LogP contribution in [-0.4, -0.2) is 30.8 Å². The molecule has 3 aromatic rings. The lowest BCUT2D eigenvalue weighted by molar-refractivity contribution is -0.141.